The van der Waals surface area contributed by atoms with E-state index in [9.17, 15) is 13.6 Å². The van der Waals surface area contributed by atoms with Gasteiger partial charge < -0.3 is 24.3 Å². The van der Waals surface area contributed by atoms with Gasteiger partial charge in [-0.3, -0.25) is 4.79 Å². The number of nitrogens with one attached hydrogen (secondary N) is 1. The number of anilines is 1. The molecule has 0 aliphatic rings. The molecule has 2 aromatic carbocycles. The molecule has 31 heavy (non-hydrogen) atoms. The van der Waals surface area contributed by atoms with E-state index in [0.717, 1.165) is 0 Å². The van der Waals surface area contributed by atoms with Crippen LogP contribution in [0, 0.1) is 6.92 Å². The molecule has 0 fully saturated rings. The third-order valence-corrected chi connectivity index (χ3v) is 4.27. The van der Waals surface area contributed by atoms with Crippen molar-refractivity contribution in [2.45, 2.75) is 20.3 Å². The molecular formula is C21H21F2N3O5. The normalized spacial score (nSPS) is 10.6. The summed E-state index contributed by atoms with van der Waals surface area (Å²) in [6.45, 7) is -1.23. The van der Waals surface area contributed by atoms with Crippen LogP contribution in [0.1, 0.15) is 16.1 Å². The van der Waals surface area contributed by atoms with Crippen LogP contribution in [-0.4, -0.2) is 36.5 Å². The lowest BCUT2D eigenvalue weighted by molar-refractivity contribution is -0.0498. The molecule has 1 heterocycles. The average molecular weight is 433 g/mol. The Morgan fingerprint density at radius 3 is 2.45 bits per heavy atom. The summed E-state index contributed by atoms with van der Waals surface area (Å²) in [5.41, 5.74) is 1.18. The summed E-state index contributed by atoms with van der Waals surface area (Å²) in [5, 5.41) is 6.89. The molecule has 0 aliphatic carbocycles. The van der Waals surface area contributed by atoms with E-state index in [1.807, 2.05) is 0 Å². The number of alkyl halides is 2. The summed E-state index contributed by atoms with van der Waals surface area (Å²) in [7, 11) is 3.04. The van der Waals surface area contributed by atoms with Gasteiger partial charge in [0.1, 0.15) is 5.75 Å². The third-order valence-electron chi connectivity index (χ3n) is 4.27. The molecule has 8 nitrogen and oxygen atoms in total. The maximum absolute atomic E-state index is 12.5. The van der Waals surface area contributed by atoms with Gasteiger partial charge in [0, 0.05) is 11.9 Å². The van der Waals surface area contributed by atoms with Gasteiger partial charge in [-0.25, -0.2) is 4.68 Å². The Labute approximate surface area is 177 Å². The number of methoxy groups -OCH3 is 2. The van der Waals surface area contributed by atoms with Gasteiger partial charge in [-0.2, -0.15) is 13.9 Å². The molecule has 10 heteroatoms. The first-order valence-electron chi connectivity index (χ1n) is 9.15. The molecule has 0 unspecified atom stereocenters. The number of amides is 1. The predicted octanol–water partition coefficient (Wildman–Crippen LogP) is 4.10. The van der Waals surface area contributed by atoms with Crippen LogP contribution in [0.25, 0.3) is 0 Å². The van der Waals surface area contributed by atoms with E-state index in [4.69, 9.17) is 14.2 Å². The summed E-state index contributed by atoms with van der Waals surface area (Å²) in [6, 6.07) is 11.0. The number of hydrogen-bond acceptors (Lipinski definition) is 6. The van der Waals surface area contributed by atoms with Crippen LogP contribution in [0.4, 0.5) is 14.5 Å². The second-order valence-electron chi connectivity index (χ2n) is 6.31. The summed E-state index contributed by atoms with van der Waals surface area (Å²) < 4.78 is 46.7. The van der Waals surface area contributed by atoms with Crippen LogP contribution in [0.5, 0.6) is 23.0 Å². The summed E-state index contributed by atoms with van der Waals surface area (Å²) >= 11 is 0. The summed E-state index contributed by atoms with van der Waals surface area (Å²) in [6.07, 6.45) is 1.59. The lowest BCUT2D eigenvalue weighted by atomic mass is 10.2. The number of nitrogens with zero attached hydrogens (tertiary/aromatic N) is 2. The smallest absolute Gasteiger partial charge is 0.387 e. The van der Waals surface area contributed by atoms with Crippen molar-refractivity contribution in [3.8, 4) is 23.0 Å². The molecule has 0 saturated heterocycles. The van der Waals surface area contributed by atoms with E-state index in [-0.39, 0.29) is 18.2 Å². The molecule has 164 valence electrons. The van der Waals surface area contributed by atoms with E-state index in [1.54, 1.807) is 31.3 Å². The van der Waals surface area contributed by atoms with E-state index in [0.29, 0.717) is 28.5 Å². The zero-order valence-corrected chi connectivity index (χ0v) is 17.1. The van der Waals surface area contributed by atoms with Crippen molar-refractivity contribution in [3.05, 3.63) is 59.9 Å². The number of hydrogen-bond donors (Lipinski definition) is 1. The molecule has 0 bridgehead atoms. The van der Waals surface area contributed by atoms with Gasteiger partial charge in [0.2, 0.25) is 5.75 Å². The maximum atomic E-state index is 12.5. The monoisotopic (exact) mass is 433 g/mol. The van der Waals surface area contributed by atoms with Crippen molar-refractivity contribution in [2.75, 3.05) is 19.5 Å². The van der Waals surface area contributed by atoms with Crippen LogP contribution in [-0.2, 0) is 6.73 Å². The first-order valence-corrected chi connectivity index (χ1v) is 9.15. The fourth-order valence-electron chi connectivity index (χ4n) is 2.78. The van der Waals surface area contributed by atoms with E-state index < -0.39 is 12.5 Å². The molecule has 1 amide bonds. The van der Waals surface area contributed by atoms with Crippen molar-refractivity contribution in [1.82, 2.24) is 9.78 Å². The summed E-state index contributed by atoms with van der Waals surface area (Å²) in [5.74, 6) is 0.965. The second kappa shape index (κ2) is 9.79. The fourth-order valence-corrected chi connectivity index (χ4v) is 2.78. The average Bonchev–Trinajstić information content (AvgIpc) is 3.22. The first-order chi connectivity index (χ1) is 14.9. The van der Waals surface area contributed by atoms with Crippen molar-refractivity contribution in [2.24, 2.45) is 0 Å². The van der Waals surface area contributed by atoms with Crippen LogP contribution in [0.15, 0.2) is 48.7 Å². The number of halogens is 2. The molecule has 0 radical (unpaired) electrons. The quantitative estimate of drug-likeness (QED) is 0.547. The molecule has 0 spiro atoms. The topological polar surface area (TPSA) is 83.8 Å². The fraction of sp³-hybridized carbons (Fsp3) is 0.238. The van der Waals surface area contributed by atoms with Crippen LogP contribution in [0.3, 0.4) is 0 Å². The highest BCUT2D eigenvalue weighted by Gasteiger charge is 2.15. The standard InChI is InChI=1S/C21H21F2N3O5/c1-13-11-14(31-21(22)23)7-8-15(13)24-20(27)16-9-10-26(25-16)12-30-19-17(28-2)5-4-6-18(19)29-3/h4-11,21H,12H2,1-3H3,(H,24,27). The Kier molecular flexibility index (Phi) is 6.91. The van der Waals surface area contributed by atoms with E-state index in [1.165, 1.54) is 43.2 Å². The molecule has 3 aromatic rings. The number of ether oxygens (including phenoxy) is 4. The molecule has 0 saturated carbocycles. The predicted molar refractivity (Wildman–Crippen MR) is 108 cm³/mol. The van der Waals surface area contributed by atoms with Crippen LogP contribution >= 0.6 is 0 Å². The lowest BCUT2D eigenvalue weighted by Crippen LogP contribution is -2.15. The lowest BCUT2D eigenvalue weighted by Gasteiger charge is -2.14. The van der Waals surface area contributed by atoms with Gasteiger partial charge in [-0.1, -0.05) is 6.07 Å². The molecular weight excluding hydrogens is 412 g/mol. The van der Waals surface area contributed by atoms with Gasteiger partial charge in [-0.05, 0) is 48.9 Å². The Morgan fingerprint density at radius 2 is 1.84 bits per heavy atom. The first kappa shape index (κ1) is 21.9. The number of benzene rings is 2. The number of para-hydroxylation sites is 1. The Hall–Kier alpha value is -3.82. The third kappa shape index (κ3) is 5.41. The Bertz CT molecular complexity index is 1030. The largest absolute Gasteiger partial charge is 0.493 e. The van der Waals surface area contributed by atoms with Crippen molar-refractivity contribution < 1.29 is 32.5 Å². The highest BCUT2D eigenvalue weighted by molar-refractivity contribution is 6.03. The van der Waals surface area contributed by atoms with E-state index in [2.05, 4.69) is 15.2 Å². The maximum Gasteiger partial charge on any atom is 0.387 e. The van der Waals surface area contributed by atoms with Gasteiger partial charge in [0.25, 0.3) is 5.91 Å². The van der Waals surface area contributed by atoms with Crippen molar-refractivity contribution in [1.29, 1.82) is 0 Å². The molecule has 3 rings (SSSR count). The molecule has 1 aromatic heterocycles. The number of rotatable bonds is 9. The van der Waals surface area contributed by atoms with Gasteiger partial charge >= 0.3 is 6.61 Å². The minimum Gasteiger partial charge on any atom is -0.493 e. The highest BCUT2D eigenvalue weighted by atomic mass is 19.3. The van der Waals surface area contributed by atoms with E-state index >= 15 is 0 Å². The zero-order chi connectivity index (χ0) is 22.4. The Morgan fingerprint density at radius 1 is 1.13 bits per heavy atom. The number of aromatic nitrogens is 2. The zero-order valence-electron chi connectivity index (χ0n) is 17.1. The van der Waals surface area contributed by atoms with Gasteiger partial charge in [0.15, 0.2) is 23.9 Å². The van der Waals surface area contributed by atoms with Crippen molar-refractivity contribution >= 4 is 11.6 Å². The van der Waals surface area contributed by atoms with Crippen molar-refractivity contribution in [3.63, 3.8) is 0 Å². The number of aryl methyl sites for hydroxylation is 1. The second-order valence-corrected chi connectivity index (χ2v) is 6.31. The minimum atomic E-state index is -2.91. The summed E-state index contributed by atoms with van der Waals surface area (Å²) in [4.78, 5) is 12.5. The van der Waals surface area contributed by atoms with Gasteiger partial charge in [-0.15, -0.1) is 0 Å². The highest BCUT2D eigenvalue weighted by Crippen LogP contribution is 2.36. The Balaban J connectivity index is 1.65. The minimum absolute atomic E-state index is 0.0127. The molecule has 0 atom stereocenters. The molecule has 0 aliphatic heterocycles. The van der Waals surface area contributed by atoms with Crippen LogP contribution < -0.4 is 24.3 Å². The molecule has 1 N–H and O–H groups in total. The number of carbonyl (C=O) groups is 1. The van der Waals surface area contributed by atoms with Gasteiger partial charge in [0.05, 0.1) is 14.2 Å². The van der Waals surface area contributed by atoms with Crippen LogP contribution in [0.2, 0.25) is 0 Å². The SMILES string of the molecule is COc1cccc(OC)c1OCn1ccc(C(=O)Nc2ccc(OC(F)F)cc2C)n1. The number of carbonyl (C=O) groups excluding carboxylic acids is 1.